The number of likely N-dealkylation sites (tertiary alicyclic amines) is 1. The number of hydrogen-bond acceptors (Lipinski definition) is 3. The van der Waals surface area contributed by atoms with E-state index in [4.69, 9.17) is 5.11 Å². The number of hydrogen-bond donors (Lipinski definition) is 1. The van der Waals surface area contributed by atoms with E-state index in [1.165, 1.54) is 0 Å². The van der Waals surface area contributed by atoms with Crippen molar-refractivity contribution in [1.82, 2.24) is 4.90 Å². The molecule has 0 spiro atoms. The van der Waals surface area contributed by atoms with Gasteiger partial charge in [-0.25, -0.2) is 4.79 Å². The Hall–Kier alpha value is -1.49. The number of amides is 1. The van der Waals surface area contributed by atoms with Gasteiger partial charge in [0.15, 0.2) is 0 Å². The number of nitrogens with zero attached hydrogens (tertiary/aromatic N) is 1. The first-order valence-corrected chi connectivity index (χ1v) is 8.71. The van der Waals surface area contributed by atoms with Crippen molar-refractivity contribution in [3.63, 3.8) is 0 Å². The SMILES string of the molecule is CC(C)CC(=O)N1CCC[C@H]1CSc1cccc(C(=O)O)c1. The van der Waals surface area contributed by atoms with Crippen LogP contribution in [0.5, 0.6) is 0 Å². The van der Waals surface area contributed by atoms with Gasteiger partial charge in [0.2, 0.25) is 5.91 Å². The van der Waals surface area contributed by atoms with Crippen molar-refractivity contribution in [2.45, 2.75) is 44.0 Å². The number of benzene rings is 1. The summed E-state index contributed by atoms with van der Waals surface area (Å²) in [5, 5.41) is 9.03. The van der Waals surface area contributed by atoms with Gasteiger partial charge in [-0.3, -0.25) is 4.79 Å². The molecule has 0 saturated carbocycles. The van der Waals surface area contributed by atoms with Gasteiger partial charge < -0.3 is 10.0 Å². The number of carbonyl (C=O) groups is 2. The molecule has 0 aromatic heterocycles. The molecular formula is C17H23NO3S. The third kappa shape index (κ3) is 4.50. The van der Waals surface area contributed by atoms with E-state index in [-0.39, 0.29) is 11.9 Å². The fourth-order valence-electron chi connectivity index (χ4n) is 2.72. The molecule has 1 amide bonds. The van der Waals surface area contributed by atoms with Crippen molar-refractivity contribution >= 4 is 23.6 Å². The predicted octanol–water partition coefficient (Wildman–Crippen LogP) is 3.51. The third-order valence-electron chi connectivity index (χ3n) is 3.80. The topological polar surface area (TPSA) is 57.6 Å². The van der Waals surface area contributed by atoms with Gasteiger partial charge in [-0.1, -0.05) is 19.9 Å². The van der Waals surface area contributed by atoms with Gasteiger partial charge in [0.25, 0.3) is 0 Å². The second kappa shape index (κ2) is 7.68. The molecule has 1 aliphatic heterocycles. The summed E-state index contributed by atoms with van der Waals surface area (Å²) in [5.41, 5.74) is 0.309. The average molecular weight is 321 g/mol. The van der Waals surface area contributed by atoms with E-state index in [1.54, 1.807) is 30.0 Å². The highest BCUT2D eigenvalue weighted by Crippen LogP contribution is 2.27. The number of carboxylic acids is 1. The van der Waals surface area contributed by atoms with E-state index in [0.717, 1.165) is 30.0 Å². The highest BCUT2D eigenvalue weighted by molar-refractivity contribution is 7.99. The summed E-state index contributed by atoms with van der Waals surface area (Å²) in [7, 11) is 0. The van der Waals surface area contributed by atoms with Gasteiger partial charge in [0.05, 0.1) is 5.56 Å². The van der Waals surface area contributed by atoms with Crippen molar-refractivity contribution in [3.05, 3.63) is 29.8 Å². The Morgan fingerprint density at radius 3 is 2.86 bits per heavy atom. The average Bonchev–Trinajstić information content (AvgIpc) is 2.93. The van der Waals surface area contributed by atoms with Gasteiger partial charge in [-0.15, -0.1) is 11.8 Å². The molecule has 0 aliphatic carbocycles. The fourth-order valence-corrected chi connectivity index (χ4v) is 3.83. The minimum absolute atomic E-state index is 0.248. The van der Waals surface area contributed by atoms with Crippen molar-refractivity contribution in [3.8, 4) is 0 Å². The van der Waals surface area contributed by atoms with E-state index < -0.39 is 5.97 Å². The Kier molecular flexibility index (Phi) is 5.89. The number of carbonyl (C=O) groups excluding carboxylic acids is 1. The molecule has 1 aromatic carbocycles. The summed E-state index contributed by atoms with van der Waals surface area (Å²) in [5.74, 6) is 0.551. The standard InChI is InChI=1S/C17H23NO3S/c1-12(2)9-16(19)18-8-4-6-14(18)11-22-15-7-3-5-13(10-15)17(20)21/h3,5,7,10,12,14H,4,6,8-9,11H2,1-2H3,(H,20,21)/t14-/m0/s1. The summed E-state index contributed by atoms with van der Waals surface area (Å²) in [4.78, 5) is 26.2. The molecule has 1 aromatic rings. The van der Waals surface area contributed by atoms with Crippen LogP contribution in [0.15, 0.2) is 29.2 Å². The minimum atomic E-state index is -0.906. The predicted molar refractivity (Wildman–Crippen MR) is 88.3 cm³/mol. The van der Waals surface area contributed by atoms with E-state index in [0.29, 0.717) is 17.9 Å². The van der Waals surface area contributed by atoms with Crippen LogP contribution in [0.25, 0.3) is 0 Å². The third-order valence-corrected chi connectivity index (χ3v) is 4.94. The second-order valence-corrected chi connectivity index (χ2v) is 7.22. The van der Waals surface area contributed by atoms with E-state index >= 15 is 0 Å². The maximum Gasteiger partial charge on any atom is 0.335 e. The van der Waals surface area contributed by atoms with Crippen molar-refractivity contribution in [2.24, 2.45) is 5.92 Å². The molecule has 5 heteroatoms. The first-order chi connectivity index (χ1) is 10.5. The zero-order chi connectivity index (χ0) is 16.1. The molecular weight excluding hydrogens is 298 g/mol. The van der Waals surface area contributed by atoms with Gasteiger partial charge in [0.1, 0.15) is 0 Å². The van der Waals surface area contributed by atoms with Crippen LogP contribution in [0.2, 0.25) is 0 Å². The monoisotopic (exact) mass is 321 g/mol. The number of carboxylic acid groups (broad SMARTS) is 1. The van der Waals surface area contributed by atoms with Crippen molar-refractivity contribution < 1.29 is 14.7 Å². The largest absolute Gasteiger partial charge is 0.478 e. The Morgan fingerprint density at radius 2 is 2.18 bits per heavy atom. The van der Waals surface area contributed by atoms with Gasteiger partial charge in [0, 0.05) is 29.7 Å². The summed E-state index contributed by atoms with van der Waals surface area (Å²) in [6.45, 7) is 4.98. The lowest BCUT2D eigenvalue weighted by atomic mass is 10.1. The van der Waals surface area contributed by atoms with Gasteiger partial charge in [-0.05, 0) is 37.0 Å². The maximum atomic E-state index is 12.3. The Bertz CT molecular complexity index is 544. The number of rotatable bonds is 6. The van der Waals surface area contributed by atoms with Crippen molar-refractivity contribution in [2.75, 3.05) is 12.3 Å². The lowest BCUT2D eigenvalue weighted by Gasteiger charge is -2.25. The van der Waals surface area contributed by atoms with Crippen LogP contribution in [0.4, 0.5) is 0 Å². The molecule has 0 unspecified atom stereocenters. The maximum absolute atomic E-state index is 12.3. The Balaban J connectivity index is 1.94. The van der Waals surface area contributed by atoms with Crippen LogP contribution in [0.1, 0.15) is 43.5 Å². The first kappa shape index (κ1) is 16.9. The quantitative estimate of drug-likeness (QED) is 0.815. The highest BCUT2D eigenvalue weighted by Gasteiger charge is 2.28. The summed E-state index contributed by atoms with van der Waals surface area (Å²) >= 11 is 1.63. The van der Waals surface area contributed by atoms with Crippen LogP contribution in [0.3, 0.4) is 0 Å². The highest BCUT2D eigenvalue weighted by atomic mass is 32.2. The molecule has 120 valence electrons. The molecule has 0 radical (unpaired) electrons. The normalized spacial score (nSPS) is 18.0. The smallest absolute Gasteiger partial charge is 0.335 e. The van der Waals surface area contributed by atoms with E-state index in [9.17, 15) is 9.59 Å². The fraction of sp³-hybridized carbons (Fsp3) is 0.529. The zero-order valence-electron chi connectivity index (χ0n) is 13.1. The van der Waals surface area contributed by atoms with E-state index in [1.807, 2.05) is 11.0 Å². The lowest BCUT2D eigenvalue weighted by molar-refractivity contribution is -0.132. The van der Waals surface area contributed by atoms with Gasteiger partial charge >= 0.3 is 5.97 Å². The van der Waals surface area contributed by atoms with Crippen LogP contribution in [-0.4, -0.2) is 40.2 Å². The molecule has 1 heterocycles. The summed E-state index contributed by atoms with van der Waals surface area (Å²) < 4.78 is 0. The Morgan fingerprint density at radius 1 is 1.41 bits per heavy atom. The van der Waals surface area contributed by atoms with Crippen LogP contribution >= 0.6 is 11.8 Å². The minimum Gasteiger partial charge on any atom is -0.478 e. The zero-order valence-corrected chi connectivity index (χ0v) is 13.9. The molecule has 1 fully saturated rings. The van der Waals surface area contributed by atoms with Crippen molar-refractivity contribution in [1.29, 1.82) is 0 Å². The molecule has 4 nitrogen and oxygen atoms in total. The number of aromatic carboxylic acids is 1. The number of thioether (sulfide) groups is 1. The molecule has 1 atom stereocenters. The second-order valence-electron chi connectivity index (χ2n) is 6.13. The van der Waals surface area contributed by atoms with E-state index in [2.05, 4.69) is 13.8 Å². The molecule has 1 saturated heterocycles. The molecule has 22 heavy (non-hydrogen) atoms. The summed E-state index contributed by atoms with van der Waals surface area (Å²) in [6, 6.07) is 7.25. The summed E-state index contributed by atoms with van der Waals surface area (Å²) in [6.07, 6.45) is 2.70. The molecule has 1 aliphatic rings. The van der Waals surface area contributed by atoms with Crippen LogP contribution < -0.4 is 0 Å². The molecule has 1 N–H and O–H groups in total. The first-order valence-electron chi connectivity index (χ1n) is 7.73. The molecule has 2 rings (SSSR count). The Labute approximate surface area is 135 Å². The van der Waals surface area contributed by atoms with Crippen LogP contribution in [0, 0.1) is 5.92 Å². The molecule has 0 bridgehead atoms. The lowest BCUT2D eigenvalue weighted by Crippen LogP contribution is -2.37. The van der Waals surface area contributed by atoms with Gasteiger partial charge in [-0.2, -0.15) is 0 Å². The van der Waals surface area contributed by atoms with Crippen LogP contribution in [-0.2, 0) is 4.79 Å².